The zero-order valence-corrected chi connectivity index (χ0v) is 10.4. The summed E-state index contributed by atoms with van der Waals surface area (Å²) in [7, 11) is 0. The zero-order valence-electron chi connectivity index (χ0n) is 9.57. The molecule has 2 N–H and O–H groups in total. The molecule has 0 aliphatic heterocycles. The average molecular weight is 225 g/mol. The van der Waals surface area contributed by atoms with Gasteiger partial charge in [0, 0.05) is 11.8 Å². The van der Waals surface area contributed by atoms with Gasteiger partial charge in [0.2, 0.25) is 0 Å². The van der Waals surface area contributed by atoms with E-state index in [1.165, 1.54) is 0 Å². The molecule has 0 aromatic heterocycles. The van der Waals surface area contributed by atoms with Gasteiger partial charge in [-0.05, 0) is 37.8 Å². The van der Waals surface area contributed by atoms with Crippen LogP contribution in [-0.2, 0) is 0 Å². The quantitative estimate of drug-likeness (QED) is 0.837. The first kappa shape index (κ1) is 12.4. The van der Waals surface area contributed by atoms with Crippen molar-refractivity contribution in [2.45, 2.75) is 26.0 Å². The van der Waals surface area contributed by atoms with Crippen LogP contribution in [0.25, 0.3) is 0 Å². The fraction of sp³-hybridized carbons (Fsp3) is 0.500. The summed E-state index contributed by atoms with van der Waals surface area (Å²) in [5.41, 5.74) is 7.17. The second kappa shape index (κ2) is 6.03. The third-order valence-electron chi connectivity index (χ3n) is 2.00. The Bertz CT molecular complexity index is 301. The van der Waals surface area contributed by atoms with Gasteiger partial charge in [-0.15, -0.1) is 0 Å². The summed E-state index contributed by atoms with van der Waals surface area (Å²) >= 11 is 1.76. The molecule has 0 heterocycles. The van der Waals surface area contributed by atoms with Crippen LogP contribution < -0.4 is 10.5 Å². The van der Waals surface area contributed by atoms with Gasteiger partial charge >= 0.3 is 0 Å². The van der Waals surface area contributed by atoms with Crippen LogP contribution in [0.3, 0.4) is 0 Å². The third kappa shape index (κ3) is 4.14. The second-order valence-corrected chi connectivity index (χ2v) is 4.71. The molecule has 1 unspecified atom stereocenters. The van der Waals surface area contributed by atoms with E-state index in [-0.39, 0.29) is 12.1 Å². The van der Waals surface area contributed by atoms with E-state index in [1.807, 2.05) is 38.1 Å². The monoisotopic (exact) mass is 225 g/mol. The molecule has 0 saturated heterocycles. The summed E-state index contributed by atoms with van der Waals surface area (Å²) in [6, 6.07) is 8.13. The van der Waals surface area contributed by atoms with Gasteiger partial charge in [-0.2, -0.15) is 11.8 Å². The van der Waals surface area contributed by atoms with E-state index in [9.17, 15) is 0 Å². The Kier molecular flexibility index (Phi) is 4.99. The molecule has 0 fully saturated rings. The normalized spacial score (nSPS) is 12.9. The first-order chi connectivity index (χ1) is 7.13. The molecule has 0 saturated carbocycles. The molecular formula is C12H19NOS. The molecule has 0 amide bonds. The Morgan fingerprint density at radius 1 is 1.40 bits per heavy atom. The fourth-order valence-corrected chi connectivity index (χ4v) is 1.92. The maximum absolute atomic E-state index is 6.03. The topological polar surface area (TPSA) is 35.2 Å². The lowest BCUT2D eigenvalue weighted by Gasteiger charge is -2.14. The fourth-order valence-electron chi connectivity index (χ4n) is 1.37. The van der Waals surface area contributed by atoms with Crippen LogP contribution in [0.5, 0.6) is 5.75 Å². The first-order valence-corrected chi connectivity index (χ1v) is 6.54. The maximum atomic E-state index is 6.03. The Morgan fingerprint density at radius 2 is 2.13 bits per heavy atom. The number of rotatable bonds is 5. The van der Waals surface area contributed by atoms with Gasteiger partial charge in [0.15, 0.2) is 0 Å². The lowest BCUT2D eigenvalue weighted by atomic mass is 10.1. The van der Waals surface area contributed by atoms with Gasteiger partial charge in [0.25, 0.3) is 0 Å². The molecule has 2 nitrogen and oxygen atoms in total. The van der Waals surface area contributed by atoms with Crippen molar-refractivity contribution in [3.8, 4) is 5.75 Å². The van der Waals surface area contributed by atoms with Gasteiger partial charge in [-0.1, -0.05) is 12.1 Å². The van der Waals surface area contributed by atoms with Crippen LogP contribution in [0.4, 0.5) is 0 Å². The standard InChI is InChI=1S/C12H19NOS/c1-9(2)14-11-6-4-5-10(7-11)12(13)8-15-3/h4-7,9,12H,8,13H2,1-3H3. The molecule has 1 atom stereocenters. The summed E-state index contributed by atoms with van der Waals surface area (Å²) in [5, 5.41) is 0. The van der Waals surface area contributed by atoms with Crippen molar-refractivity contribution in [3.63, 3.8) is 0 Å². The van der Waals surface area contributed by atoms with Crippen molar-refractivity contribution in [1.29, 1.82) is 0 Å². The lowest BCUT2D eigenvalue weighted by Crippen LogP contribution is -2.13. The van der Waals surface area contributed by atoms with Crippen molar-refractivity contribution in [3.05, 3.63) is 29.8 Å². The second-order valence-electron chi connectivity index (χ2n) is 3.80. The number of hydrogen-bond donors (Lipinski definition) is 1. The number of thioether (sulfide) groups is 1. The summed E-state index contributed by atoms with van der Waals surface area (Å²) in [6.45, 7) is 4.04. The smallest absolute Gasteiger partial charge is 0.120 e. The number of hydrogen-bond acceptors (Lipinski definition) is 3. The van der Waals surface area contributed by atoms with Gasteiger partial charge in [0.05, 0.1) is 6.10 Å². The summed E-state index contributed by atoms with van der Waals surface area (Å²) in [6.07, 6.45) is 2.27. The lowest BCUT2D eigenvalue weighted by molar-refractivity contribution is 0.242. The molecular weight excluding hydrogens is 206 g/mol. The molecule has 15 heavy (non-hydrogen) atoms. The molecule has 0 spiro atoms. The molecule has 84 valence electrons. The van der Waals surface area contributed by atoms with Crippen molar-refractivity contribution in [2.75, 3.05) is 12.0 Å². The predicted octanol–water partition coefficient (Wildman–Crippen LogP) is 2.84. The molecule has 0 bridgehead atoms. The highest BCUT2D eigenvalue weighted by molar-refractivity contribution is 7.98. The highest BCUT2D eigenvalue weighted by Gasteiger charge is 2.06. The number of benzene rings is 1. The van der Waals surface area contributed by atoms with Crippen molar-refractivity contribution >= 4 is 11.8 Å². The van der Waals surface area contributed by atoms with Crippen LogP contribution in [-0.4, -0.2) is 18.1 Å². The Labute approximate surface area is 96.2 Å². The van der Waals surface area contributed by atoms with Crippen molar-refractivity contribution < 1.29 is 4.74 Å². The molecule has 1 rings (SSSR count). The van der Waals surface area contributed by atoms with Gasteiger partial charge < -0.3 is 10.5 Å². The minimum absolute atomic E-state index is 0.0933. The average Bonchev–Trinajstić information content (AvgIpc) is 2.17. The predicted molar refractivity (Wildman–Crippen MR) is 67.5 cm³/mol. The third-order valence-corrected chi connectivity index (χ3v) is 2.70. The van der Waals surface area contributed by atoms with Gasteiger partial charge in [0.1, 0.15) is 5.75 Å². The van der Waals surface area contributed by atoms with Crippen molar-refractivity contribution in [1.82, 2.24) is 0 Å². The Morgan fingerprint density at radius 3 is 2.73 bits per heavy atom. The Hall–Kier alpha value is -0.670. The molecule has 0 radical (unpaired) electrons. The molecule has 3 heteroatoms. The number of nitrogens with two attached hydrogens (primary N) is 1. The largest absolute Gasteiger partial charge is 0.491 e. The Balaban J connectivity index is 2.73. The highest BCUT2D eigenvalue weighted by atomic mass is 32.2. The van der Waals surface area contributed by atoms with Crippen molar-refractivity contribution in [2.24, 2.45) is 5.73 Å². The summed E-state index contributed by atoms with van der Waals surface area (Å²) in [5.74, 6) is 1.84. The van der Waals surface area contributed by atoms with E-state index in [1.54, 1.807) is 11.8 Å². The summed E-state index contributed by atoms with van der Waals surface area (Å²) in [4.78, 5) is 0. The first-order valence-electron chi connectivity index (χ1n) is 5.14. The zero-order chi connectivity index (χ0) is 11.3. The van der Waals surface area contributed by atoms with E-state index < -0.39 is 0 Å². The molecule has 1 aromatic rings. The van der Waals surface area contributed by atoms with E-state index in [0.29, 0.717) is 0 Å². The van der Waals surface area contributed by atoms with Crippen LogP contribution in [0, 0.1) is 0 Å². The maximum Gasteiger partial charge on any atom is 0.120 e. The SMILES string of the molecule is CSCC(N)c1cccc(OC(C)C)c1. The van der Waals surface area contributed by atoms with Gasteiger partial charge in [-0.25, -0.2) is 0 Å². The number of ether oxygens (including phenoxy) is 1. The van der Waals surface area contributed by atoms with Crippen LogP contribution in [0.15, 0.2) is 24.3 Å². The van der Waals surface area contributed by atoms with Gasteiger partial charge in [-0.3, -0.25) is 0 Å². The molecule has 0 aliphatic carbocycles. The highest BCUT2D eigenvalue weighted by Crippen LogP contribution is 2.20. The van der Waals surface area contributed by atoms with Crippen LogP contribution in [0.1, 0.15) is 25.5 Å². The van der Waals surface area contributed by atoms with E-state index in [0.717, 1.165) is 17.1 Å². The minimum atomic E-state index is 0.0933. The van der Waals surface area contributed by atoms with Crippen LogP contribution in [0.2, 0.25) is 0 Å². The van der Waals surface area contributed by atoms with E-state index in [2.05, 4.69) is 6.26 Å². The van der Waals surface area contributed by atoms with E-state index in [4.69, 9.17) is 10.5 Å². The molecule has 1 aromatic carbocycles. The van der Waals surface area contributed by atoms with E-state index >= 15 is 0 Å². The summed E-state index contributed by atoms with van der Waals surface area (Å²) < 4.78 is 5.62. The van der Waals surface area contributed by atoms with Crippen LogP contribution >= 0.6 is 11.8 Å². The minimum Gasteiger partial charge on any atom is -0.491 e. The molecule has 0 aliphatic rings.